The molecule has 0 bridgehead atoms. The van der Waals surface area contributed by atoms with Gasteiger partial charge in [-0.25, -0.2) is 5.43 Å². The molecular formula is C19H16BrN3O3S. The third-order valence-corrected chi connectivity index (χ3v) is 5.24. The summed E-state index contributed by atoms with van der Waals surface area (Å²) in [5.41, 5.74) is 3.23. The van der Waals surface area contributed by atoms with Crippen LogP contribution in [0.5, 0.6) is 5.75 Å². The van der Waals surface area contributed by atoms with Crippen LogP contribution >= 0.6 is 27.3 Å². The molecule has 27 heavy (non-hydrogen) atoms. The fraction of sp³-hybridized carbons (Fsp3) is 0.105. The van der Waals surface area contributed by atoms with E-state index in [1.54, 1.807) is 6.92 Å². The van der Waals surface area contributed by atoms with Crippen LogP contribution < -0.4 is 5.43 Å². The van der Waals surface area contributed by atoms with E-state index >= 15 is 0 Å². The molecule has 0 aliphatic heterocycles. The molecule has 0 aliphatic carbocycles. The molecule has 1 heterocycles. The van der Waals surface area contributed by atoms with E-state index in [4.69, 9.17) is 4.84 Å². The number of hydrogen-bond donors (Lipinski definition) is 2. The third-order valence-electron chi connectivity index (χ3n) is 3.61. The summed E-state index contributed by atoms with van der Waals surface area (Å²) in [4.78, 5) is 17.7. The second-order valence-corrected chi connectivity index (χ2v) is 7.58. The van der Waals surface area contributed by atoms with Crippen molar-refractivity contribution in [2.75, 3.05) is 0 Å². The van der Waals surface area contributed by atoms with Gasteiger partial charge in [0.2, 0.25) is 6.10 Å². The van der Waals surface area contributed by atoms with E-state index < -0.39 is 12.0 Å². The Hall–Kier alpha value is -2.71. The van der Waals surface area contributed by atoms with Crippen LogP contribution in [0.1, 0.15) is 17.4 Å². The van der Waals surface area contributed by atoms with E-state index in [-0.39, 0.29) is 5.75 Å². The van der Waals surface area contributed by atoms with Crippen molar-refractivity contribution in [2.45, 2.75) is 13.0 Å². The van der Waals surface area contributed by atoms with Crippen molar-refractivity contribution in [3.05, 3.63) is 63.4 Å². The van der Waals surface area contributed by atoms with Gasteiger partial charge >= 0.3 is 0 Å². The number of hydrazone groups is 1. The molecule has 138 valence electrons. The summed E-state index contributed by atoms with van der Waals surface area (Å²) in [6, 6.07) is 15.0. The maximum atomic E-state index is 12.0. The van der Waals surface area contributed by atoms with E-state index in [2.05, 4.69) is 31.6 Å². The van der Waals surface area contributed by atoms with Crippen LogP contribution in [0.4, 0.5) is 0 Å². The zero-order chi connectivity index (χ0) is 19.2. The molecule has 0 saturated carbocycles. The first-order chi connectivity index (χ1) is 13.0. The van der Waals surface area contributed by atoms with Gasteiger partial charge in [0, 0.05) is 14.6 Å². The third kappa shape index (κ3) is 4.93. The number of carbonyl (C=O) groups is 1. The zero-order valence-electron chi connectivity index (χ0n) is 14.3. The molecule has 3 rings (SSSR count). The van der Waals surface area contributed by atoms with Crippen LogP contribution in [0.25, 0.3) is 10.1 Å². The summed E-state index contributed by atoms with van der Waals surface area (Å²) in [6.07, 6.45) is 2.12. The van der Waals surface area contributed by atoms with Gasteiger partial charge in [-0.05, 0) is 36.8 Å². The number of halogens is 1. The number of amides is 1. The van der Waals surface area contributed by atoms with Gasteiger partial charge in [-0.2, -0.15) is 5.10 Å². The first kappa shape index (κ1) is 19.1. The van der Waals surface area contributed by atoms with Gasteiger partial charge in [-0.1, -0.05) is 45.4 Å². The Balaban J connectivity index is 1.54. The van der Waals surface area contributed by atoms with Crippen LogP contribution in [-0.2, 0) is 9.63 Å². The summed E-state index contributed by atoms with van der Waals surface area (Å²) in [7, 11) is 0. The lowest BCUT2D eigenvalue weighted by Crippen LogP contribution is -2.30. The molecule has 0 fully saturated rings. The lowest BCUT2D eigenvalue weighted by atomic mass is 10.2. The lowest BCUT2D eigenvalue weighted by Gasteiger charge is -2.06. The number of thiophene rings is 1. The Morgan fingerprint density at radius 3 is 2.70 bits per heavy atom. The van der Waals surface area contributed by atoms with Gasteiger partial charge < -0.3 is 9.94 Å². The molecule has 2 aromatic carbocycles. The number of rotatable bonds is 6. The first-order valence-corrected chi connectivity index (χ1v) is 9.63. The summed E-state index contributed by atoms with van der Waals surface area (Å²) in [6.45, 7) is 1.57. The number of nitrogens with one attached hydrogen (secondary N) is 1. The van der Waals surface area contributed by atoms with E-state index in [0.717, 1.165) is 20.1 Å². The van der Waals surface area contributed by atoms with Crippen molar-refractivity contribution in [3.63, 3.8) is 0 Å². The molecule has 8 heteroatoms. The number of carbonyl (C=O) groups excluding carboxylic acids is 1. The van der Waals surface area contributed by atoms with E-state index in [9.17, 15) is 9.90 Å². The molecule has 1 amide bonds. The summed E-state index contributed by atoms with van der Waals surface area (Å²) in [5, 5.41) is 18.6. The molecular weight excluding hydrogens is 430 g/mol. The van der Waals surface area contributed by atoms with Crippen molar-refractivity contribution in [1.82, 2.24) is 5.43 Å². The minimum absolute atomic E-state index is 0.150. The molecule has 0 unspecified atom stereocenters. The SMILES string of the molecule is C[C@@H](O/N=C/c1ccc(Br)cc1)C(=O)N/N=C\c1sc2ccccc2c1O. The fourth-order valence-corrected chi connectivity index (χ4v) is 3.40. The standard InChI is InChI=1S/C19H16BrN3O3S/c1-12(26-22-10-13-6-8-14(20)9-7-13)19(25)23-21-11-17-18(24)15-4-2-3-5-16(15)27-17/h2-12,24H,1H3,(H,23,25)/b21-11-,22-10+/t12-/m1/s1. The molecule has 1 atom stereocenters. The maximum Gasteiger partial charge on any atom is 0.283 e. The highest BCUT2D eigenvalue weighted by atomic mass is 79.9. The molecule has 3 aromatic rings. The summed E-state index contributed by atoms with van der Waals surface area (Å²) in [5.74, 6) is -0.295. The average Bonchev–Trinajstić information content (AvgIpc) is 2.99. The van der Waals surface area contributed by atoms with Crippen LogP contribution in [0, 0.1) is 0 Å². The predicted molar refractivity (Wildman–Crippen MR) is 112 cm³/mol. The molecule has 0 radical (unpaired) electrons. The monoisotopic (exact) mass is 445 g/mol. The average molecular weight is 446 g/mol. The maximum absolute atomic E-state index is 12.0. The van der Waals surface area contributed by atoms with Crippen molar-refractivity contribution in [1.29, 1.82) is 0 Å². The van der Waals surface area contributed by atoms with E-state index in [1.165, 1.54) is 23.8 Å². The Kier molecular flexibility index (Phi) is 6.20. The topological polar surface area (TPSA) is 83.3 Å². The number of nitrogens with zero attached hydrogens (tertiary/aromatic N) is 2. The lowest BCUT2D eigenvalue weighted by molar-refractivity contribution is -0.131. The minimum atomic E-state index is -0.815. The van der Waals surface area contributed by atoms with Gasteiger partial charge in [-0.3, -0.25) is 4.79 Å². The van der Waals surface area contributed by atoms with Crippen LogP contribution in [0.2, 0.25) is 0 Å². The number of benzene rings is 2. The van der Waals surface area contributed by atoms with Crippen LogP contribution in [-0.4, -0.2) is 29.5 Å². The Labute approximate surface area is 168 Å². The second-order valence-electron chi connectivity index (χ2n) is 5.58. The number of oxime groups is 1. The molecule has 0 saturated heterocycles. The highest BCUT2D eigenvalue weighted by Gasteiger charge is 2.13. The van der Waals surface area contributed by atoms with E-state index in [0.29, 0.717) is 4.88 Å². The normalized spacial score (nSPS) is 12.7. The fourth-order valence-electron chi connectivity index (χ4n) is 2.16. The summed E-state index contributed by atoms with van der Waals surface area (Å²) < 4.78 is 1.91. The molecule has 2 N–H and O–H groups in total. The van der Waals surface area contributed by atoms with Gasteiger partial charge in [-0.15, -0.1) is 11.3 Å². The van der Waals surface area contributed by atoms with Crippen LogP contribution in [0.15, 0.2) is 63.3 Å². The van der Waals surface area contributed by atoms with Gasteiger partial charge in [0.15, 0.2) is 0 Å². The van der Waals surface area contributed by atoms with E-state index in [1.807, 2.05) is 48.5 Å². The Morgan fingerprint density at radius 2 is 1.96 bits per heavy atom. The van der Waals surface area contributed by atoms with Gasteiger partial charge in [0.25, 0.3) is 5.91 Å². The van der Waals surface area contributed by atoms with Crippen LogP contribution in [0.3, 0.4) is 0 Å². The van der Waals surface area contributed by atoms with Gasteiger partial charge in [0.05, 0.1) is 17.3 Å². The van der Waals surface area contributed by atoms with Crippen molar-refractivity contribution >= 4 is 55.7 Å². The summed E-state index contributed by atoms with van der Waals surface area (Å²) >= 11 is 4.74. The minimum Gasteiger partial charge on any atom is -0.506 e. The molecule has 1 aromatic heterocycles. The van der Waals surface area contributed by atoms with Crippen molar-refractivity contribution in [3.8, 4) is 5.75 Å². The molecule has 0 spiro atoms. The Bertz CT molecular complexity index is 999. The first-order valence-electron chi connectivity index (χ1n) is 8.03. The van der Waals surface area contributed by atoms with Gasteiger partial charge in [0.1, 0.15) is 5.75 Å². The zero-order valence-corrected chi connectivity index (χ0v) is 16.7. The number of hydrogen-bond acceptors (Lipinski definition) is 6. The Morgan fingerprint density at radius 1 is 1.22 bits per heavy atom. The number of fused-ring (bicyclic) bond motifs is 1. The predicted octanol–water partition coefficient (Wildman–Crippen LogP) is 4.26. The van der Waals surface area contributed by atoms with Crippen molar-refractivity contribution < 1.29 is 14.7 Å². The second kappa shape index (κ2) is 8.79. The largest absolute Gasteiger partial charge is 0.506 e. The molecule has 6 nitrogen and oxygen atoms in total. The highest BCUT2D eigenvalue weighted by Crippen LogP contribution is 2.35. The number of aromatic hydroxyl groups is 1. The smallest absolute Gasteiger partial charge is 0.283 e. The highest BCUT2D eigenvalue weighted by molar-refractivity contribution is 9.10. The van der Waals surface area contributed by atoms with Crippen molar-refractivity contribution in [2.24, 2.45) is 10.3 Å². The molecule has 0 aliphatic rings. The quantitative estimate of drug-likeness (QED) is 0.439.